The standard InChI is InChI=1S/C15H21NO3/c1-18-15(17)12-5-7-14(8-6-12)19-11-9-13-4-2-3-10-16-13/h5-8,13,16H,2-4,9-11H2,1H3/t13-/m1/s1. The number of hydrogen-bond donors (Lipinski definition) is 1. The second kappa shape index (κ2) is 7.14. The van der Waals surface area contributed by atoms with Crippen LogP contribution in [0.15, 0.2) is 24.3 Å². The molecule has 4 heteroatoms. The Kier molecular flexibility index (Phi) is 5.21. The largest absolute Gasteiger partial charge is 0.494 e. The Labute approximate surface area is 114 Å². The summed E-state index contributed by atoms with van der Waals surface area (Å²) in [4.78, 5) is 11.3. The SMILES string of the molecule is COC(=O)c1ccc(OCC[C@H]2CCCCN2)cc1. The minimum atomic E-state index is -0.321. The van der Waals surface area contributed by atoms with Crippen LogP contribution < -0.4 is 10.1 Å². The lowest BCUT2D eigenvalue weighted by Crippen LogP contribution is -2.35. The van der Waals surface area contributed by atoms with Crippen molar-refractivity contribution in [2.45, 2.75) is 31.7 Å². The number of benzene rings is 1. The van der Waals surface area contributed by atoms with E-state index in [1.165, 1.54) is 26.4 Å². The van der Waals surface area contributed by atoms with E-state index in [0.29, 0.717) is 18.2 Å². The molecule has 0 unspecified atom stereocenters. The van der Waals surface area contributed by atoms with E-state index in [1.54, 1.807) is 24.3 Å². The highest BCUT2D eigenvalue weighted by Crippen LogP contribution is 2.15. The van der Waals surface area contributed by atoms with E-state index < -0.39 is 0 Å². The molecule has 0 saturated carbocycles. The van der Waals surface area contributed by atoms with E-state index in [4.69, 9.17) is 4.74 Å². The Bertz CT molecular complexity index is 396. The lowest BCUT2D eigenvalue weighted by molar-refractivity contribution is 0.0600. The molecule has 1 fully saturated rings. The van der Waals surface area contributed by atoms with E-state index in [1.807, 2.05) is 0 Å². The van der Waals surface area contributed by atoms with Gasteiger partial charge in [-0.05, 0) is 50.1 Å². The second-order valence-corrected chi connectivity index (χ2v) is 4.80. The van der Waals surface area contributed by atoms with Crippen molar-refractivity contribution >= 4 is 5.97 Å². The lowest BCUT2D eigenvalue weighted by atomic mass is 10.0. The van der Waals surface area contributed by atoms with Crippen molar-refractivity contribution in [2.75, 3.05) is 20.3 Å². The summed E-state index contributed by atoms with van der Waals surface area (Å²) in [6.07, 6.45) is 4.86. The molecule has 19 heavy (non-hydrogen) atoms. The van der Waals surface area contributed by atoms with Gasteiger partial charge < -0.3 is 14.8 Å². The molecule has 2 rings (SSSR count). The topological polar surface area (TPSA) is 47.6 Å². The highest BCUT2D eigenvalue weighted by atomic mass is 16.5. The van der Waals surface area contributed by atoms with Gasteiger partial charge in [0.1, 0.15) is 5.75 Å². The van der Waals surface area contributed by atoms with Crippen molar-refractivity contribution in [3.8, 4) is 5.75 Å². The summed E-state index contributed by atoms with van der Waals surface area (Å²) < 4.78 is 10.3. The number of carbonyl (C=O) groups excluding carboxylic acids is 1. The molecule has 1 aromatic rings. The highest BCUT2D eigenvalue weighted by molar-refractivity contribution is 5.89. The van der Waals surface area contributed by atoms with Gasteiger partial charge in [0.05, 0.1) is 19.3 Å². The van der Waals surface area contributed by atoms with E-state index in [-0.39, 0.29) is 5.97 Å². The number of nitrogens with one attached hydrogen (secondary N) is 1. The van der Waals surface area contributed by atoms with Crippen molar-refractivity contribution < 1.29 is 14.3 Å². The first-order valence-corrected chi connectivity index (χ1v) is 6.84. The van der Waals surface area contributed by atoms with E-state index in [9.17, 15) is 4.79 Å². The molecule has 0 radical (unpaired) electrons. The van der Waals surface area contributed by atoms with Crippen LogP contribution in [0.4, 0.5) is 0 Å². The van der Waals surface area contributed by atoms with Gasteiger partial charge in [-0.2, -0.15) is 0 Å². The van der Waals surface area contributed by atoms with Crippen LogP contribution >= 0.6 is 0 Å². The summed E-state index contributed by atoms with van der Waals surface area (Å²) in [6, 6.07) is 7.64. The van der Waals surface area contributed by atoms with Crippen molar-refractivity contribution in [3.05, 3.63) is 29.8 Å². The number of hydrogen-bond acceptors (Lipinski definition) is 4. The van der Waals surface area contributed by atoms with Crippen LogP contribution in [0.25, 0.3) is 0 Å². The van der Waals surface area contributed by atoms with Gasteiger partial charge in [-0.15, -0.1) is 0 Å². The molecule has 0 amide bonds. The molecule has 0 aliphatic carbocycles. The molecular formula is C15H21NO3. The summed E-state index contributed by atoms with van der Waals surface area (Å²) in [5.41, 5.74) is 0.545. The molecule has 4 nitrogen and oxygen atoms in total. The molecule has 0 bridgehead atoms. The van der Waals surface area contributed by atoms with Gasteiger partial charge in [-0.3, -0.25) is 0 Å². The molecule has 1 N–H and O–H groups in total. The van der Waals surface area contributed by atoms with Gasteiger partial charge in [0, 0.05) is 6.04 Å². The summed E-state index contributed by atoms with van der Waals surface area (Å²) in [5, 5.41) is 3.50. The molecular weight excluding hydrogens is 242 g/mol. The Morgan fingerprint density at radius 2 is 2.11 bits per heavy atom. The Hall–Kier alpha value is -1.55. The van der Waals surface area contributed by atoms with Gasteiger partial charge in [-0.1, -0.05) is 6.42 Å². The van der Waals surface area contributed by atoms with E-state index in [0.717, 1.165) is 18.7 Å². The number of esters is 1. The quantitative estimate of drug-likeness (QED) is 0.829. The molecule has 0 aromatic heterocycles. The maximum Gasteiger partial charge on any atom is 0.337 e. The normalized spacial score (nSPS) is 18.9. The molecule has 1 aromatic carbocycles. The zero-order chi connectivity index (χ0) is 13.5. The molecule has 1 atom stereocenters. The third-order valence-electron chi connectivity index (χ3n) is 3.42. The van der Waals surface area contributed by atoms with Crippen molar-refractivity contribution in [2.24, 2.45) is 0 Å². The summed E-state index contributed by atoms with van der Waals surface area (Å²) in [6.45, 7) is 1.83. The van der Waals surface area contributed by atoms with Crippen molar-refractivity contribution in [3.63, 3.8) is 0 Å². The van der Waals surface area contributed by atoms with Crippen LogP contribution in [0.1, 0.15) is 36.0 Å². The third-order valence-corrected chi connectivity index (χ3v) is 3.42. The van der Waals surface area contributed by atoms with Gasteiger partial charge in [0.25, 0.3) is 0 Å². The first-order valence-electron chi connectivity index (χ1n) is 6.84. The first-order chi connectivity index (χ1) is 9.29. The fourth-order valence-electron chi connectivity index (χ4n) is 2.29. The molecule has 0 spiro atoms. The first kappa shape index (κ1) is 13.9. The van der Waals surface area contributed by atoms with Crippen LogP contribution in [0, 0.1) is 0 Å². The number of carbonyl (C=O) groups is 1. The summed E-state index contributed by atoms with van der Waals surface area (Å²) >= 11 is 0. The number of methoxy groups -OCH3 is 1. The minimum absolute atomic E-state index is 0.321. The fourth-order valence-corrected chi connectivity index (χ4v) is 2.29. The van der Waals surface area contributed by atoms with Gasteiger partial charge >= 0.3 is 5.97 Å². The lowest BCUT2D eigenvalue weighted by Gasteiger charge is -2.23. The highest BCUT2D eigenvalue weighted by Gasteiger charge is 2.12. The maximum absolute atomic E-state index is 11.3. The van der Waals surface area contributed by atoms with Gasteiger partial charge in [0.15, 0.2) is 0 Å². The average Bonchev–Trinajstić information content (AvgIpc) is 2.48. The molecule has 1 aliphatic heterocycles. The molecule has 1 heterocycles. The van der Waals surface area contributed by atoms with Gasteiger partial charge in [-0.25, -0.2) is 4.79 Å². The van der Waals surface area contributed by atoms with E-state index >= 15 is 0 Å². The smallest absolute Gasteiger partial charge is 0.337 e. The fraction of sp³-hybridized carbons (Fsp3) is 0.533. The summed E-state index contributed by atoms with van der Waals surface area (Å²) in [5.74, 6) is 0.474. The number of rotatable bonds is 5. The molecule has 1 aliphatic rings. The van der Waals surface area contributed by atoms with Crippen molar-refractivity contribution in [1.29, 1.82) is 0 Å². The maximum atomic E-state index is 11.3. The predicted octanol–water partition coefficient (Wildman–Crippen LogP) is 2.38. The Morgan fingerprint density at radius 1 is 1.32 bits per heavy atom. The Morgan fingerprint density at radius 3 is 2.74 bits per heavy atom. The van der Waals surface area contributed by atoms with Crippen LogP contribution in [-0.2, 0) is 4.74 Å². The average molecular weight is 263 g/mol. The van der Waals surface area contributed by atoms with Crippen LogP contribution in [-0.4, -0.2) is 32.3 Å². The van der Waals surface area contributed by atoms with Crippen molar-refractivity contribution in [1.82, 2.24) is 5.32 Å². The molecule has 104 valence electrons. The van der Waals surface area contributed by atoms with Crippen LogP contribution in [0.3, 0.4) is 0 Å². The predicted molar refractivity (Wildman–Crippen MR) is 73.5 cm³/mol. The van der Waals surface area contributed by atoms with Gasteiger partial charge in [0.2, 0.25) is 0 Å². The zero-order valence-corrected chi connectivity index (χ0v) is 11.4. The zero-order valence-electron chi connectivity index (χ0n) is 11.4. The number of ether oxygens (including phenoxy) is 2. The van der Waals surface area contributed by atoms with Crippen LogP contribution in [0.5, 0.6) is 5.75 Å². The number of piperidine rings is 1. The summed E-state index contributed by atoms with van der Waals surface area (Å²) in [7, 11) is 1.38. The van der Waals surface area contributed by atoms with Crippen LogP contribution in [0.2, 0.25) is 0 Å². The third kappa shape index (κ3) is 4.24. The molecule has 1 saturated heterocycles. The Balaban J connectivity index is 1.75. The monoisotopic (exact) mass is 263 g/mol. The van der Waals surface area contributed by atoms with E-state index in [2.05, 4.69) is 10.1 Å². The minimum Gasteiger partial charge on any atom is -0.494 e. The second-order valence-electron chi connectivity index (χ2n) is 4.80.